The summed E-state index contributed by atoms with van der Waals surface area (Å²) in [5, 5.41) is 11.6. The van der Waals surface area contributed by atoms with Gasteiger partial charge < -0.3 is 10.0 Å². The molecule has 2 aliphatic heterocycles. The van der Waals surface area contributed by atoms with Gasteiger partial charge >= 0.3 is 0 Å². The lowest BCUT2D eigenvalue weighted by Crippen LogP contribution is -2.45. The Balaban J connectivity index is 1.47. The Kier molecular flexibility index (Phi) is 4.28. The van der Waals surface area contributed by atoms with Crippen molar-refractivity contribution in [1.29, 1.82) is 0 Å². The van der Waals surface area contributed by atoms with Crippen LogP contribution in [0.25, 0.3) is 0 Å². The number of aromatic nitrogens is 2. The van der Waals surface area contributed by atoms with E-state index in [1.807, 2.05) is 0 Å². The van der Waals surface area contributed by atoms with Crippen LogP contribution in [0.1, 0.15) is 36.7 Å². The maximum Gasteiger partial charge on any atom is 0.205 e. The molecular formula is C18H24N4OS. The monoisotopic (exact) mass is 344 g/mol. The maximum absolute atomic E-state index is 10.6. The van der Waals surface area contributed by atoms with Crippen molar-refractivity contribution in [2.24, 2.45) is 0 Å². The fourth-order valence-electron chi connectivity index (χ4n) is 3.67. The molecule has 0 amide bonds. The number of hydrogen-bond acceptors (Lipinski definition) is 6. The number of rotatable bonds is 3. The molecule has 0 aliphatic carbocycles. The van der Waals surface area contributed by atoms with Crippen LogP contribution in [0, 0.1) is 0 Å². The number of aliphatic hydroxyl groups is 1. The second-order valence-electron chi connectivity index (χ2n) is 7.12. The summed E-state index contributed by atoms with van der Waals surface area (Å²) in [6.07, 6.45) is 0.733. The molecule has 0 bridgehead atoms. The van der Waals surface area contributed by atoms with Crippen LogP contribution in [0.3, 0.4) is 0 Å². The lowest BCUT2D eigenvalue weighted by Gasteiger charge is -2.34. The lowest BCUT2D eigenvalue weighted by molar-refractivity contribution is 0.0747. The van der Waals surface area contributed by atoms with Gasteiger partial charge in [-0.25, -0.2) is 4.98 Å². The summed E-state index contributed by atoms with van der Waals surface area (Å²) in [5.74, 6) is 1.25. The van der Waals surface area contributed by atoms with E-state index in [2.05, 4.69) is 57.3 Å². The van der Waals surface area contributed by atoms with E-state index in [1.54, 1.807) is 0 Å². The molecule has 1 aromatic heterocycles. The second-order valence-corrected chi connectivity index (χ2v) is 7.85. The summed E-state index contributed by atoms with van der Waals surface area (Å²) < 4.78 is 4.45. The molecule has 1 saturated heterocycles. The van der Waals surface area contributed by atoms with Crippen molar-refractivity contribution in [2.45, 2.75) is 44.9 Å². The fraction of sp³-hybridized carbons (Fsp3) is 0.556. The topological polar surface area (TPSA) is 52.5 Å². The number of hydrogen-bond donors (Lipinski definition) is 1. The summed E-state index contributed by atoms with van der Waals surface area (Å²) >= 11 is 1.45. The Bertz CT molecular complexity index is 717. The van der Waals surface area contributed by atoms with E-state index in [-0.39, 0.29) is 12.1 Å². The highest BCUT2D eigenvalue weighted by Gasteiger charge is 2.37. The van der Waals surface area contributed by atoms with Crippen LogP contribution in [0.4, 0.5) is 5.13 Å². The molecule has 2 atom stereocenters. The van der Waals surface area contributed by atoms with Crippen LogP contribution in [0.5, 0.6) is 0 Å². The van der Waals surface area contributed by atoms with Gasteiger partial charge in [-0.1, -0.05) is 38.1 Å². The number of aliphatic hydroxyl groups excluding tert-OH is 1. The highest BCUT2D eigenvalue weighted by Crippen LogP contribution is 2.29. The number of β-amino-alcohol motifs (C(OH)–C–C–N with tert-alkyl or cyclic N) is 1. The Morgan fingerprint density at radius 2 is 2.00 bits per heavy atom. The van der Waals surface area contributed by atoms with Crippen LogP contribution >= 0.6 is 11.5 Å². The van der Waals surface area contributed by atoms with Crippen molar-refractivity contribution in [2.75, 3.05) is 24.5 Å². The Morgan fingerprint density at radius 3 is 2.75 bits per heavy atom. The van der Waals surface area contributed by atoms with Crippen LogP contribution < -0.4 is 4.90 Å². The van der Waals surface area contributed by atoms with E-state index < -0.39 is 0 Å². The summed E-state index contributed by atoms with van der Waals surface area (Å²) in [6.45, 7) is 7.64. The first-order valence-corrected chi connectivity index (χ1v) is 9.46. The number of anilines is 1. The number of nitrogens with zero attached hydrogens (tertiary/aromatic N) is 4. The lowest BCUT2D eigenvalue weighted by atomic mass is 9.98. The van der Waals surface area contributed by atoms with E-state index in [1.165, 1.54) is 22.7 Å². The summed E-state index contributed by atoms with van der Waals surface area (Å²) in [6, 6.07) is 8.82. The van der Waals surface area contributed by atoms with Crippen molar-refractivity contribution in [1.82, 2.24) is 14.3 Å². The highest BCUT2D eigenvalue weighted by atomic mass is 32.1. The van der Waals surface area contributed by atoms with Crippen LogP contribution in [-0.2, 0) is 13.0 Å². The quantitative estimate of drug-likeness (QED) is 0.926. The third-order valence-electron chi connectivity index (χ3n) is 5.11. The molecule has 4 rings (SSSR count). The second kappa shape index (κ2) is 6.43. The van der Waals surface area contributed by atoms with Crippen LogP contribution in [0.15, 0.2) is 24.3 Å². The predicted molar refractivity (Wildman–Crippen MR) is 96.6 cm³/mol. The van der Waals surface area contributed by atoms with Gasteiger partial charge in [0.25, 0.3) is 0 Å². The van der Waals surface area contributed by atoms with Crippen LogP contribution in [-0.4, -0.2) is 51.1 Å². The Labute approximate surface area is 147 Å². The van der Waals surface area contributed by atoms with Gasteiger partial charge in [0.15, 0.2) is 0 Å². The van der Waals surface area contributed by atoms with Crippen molar-refractivity contribution in [3.8, 4) is 0 Å². The average molecular weight is 344 g/mol. The van der Waals surface area contributed by atoms with Crippen LogP contribution in [0.2, 0.25) is 0 Å². The first-order valence-electron chi connectivity index (χ1n) is 8.69. The third-order valence-corrected chi connectivity index (χ3v) is 5.90. The van der Waals surface area contributed by atoms with Gasteiger partial charge in [0.05, 0.1) is 12.1 Å². The number of fused-ring (bicyclic) bond motifs is 1. The Hall–Kier alpha value is -1.50. The van der Waals surface area contributed by atoms with E-state index in [0.29, 0.717) is 12.5 Å². The minimum absolute atomic E-state index is 0.171. The molecule has 2 aliphatic rings. The van der Waals surface area contributed by atoms with Crippen molar-refractivity contribution in [3.05, 3.63) is 41.2 Å². The SMILES string of the molecule is CC(C)c1nsc(N2CC(O)C(N3CCc4ccccc4C3)C2)n1. The van der Waals surface area contributed by atoms with E-state index in [4.69, 9.17) is 0 Å². The van der Waals surface area contributed by atoms with Gasteiger partial charge in [-0.3, -0.25) is 4.90 Å². The predicted octanol–water partition coefficient (Wildman–Crippen LogP) is 2.27. The smallest absolute Gasteiger partial charge is 0.205 e. The largest absolute Gasteiger partial charge is 0.390 e. The van der Waals surface area contributed by atoms with Gasteiger partial charge in [0.1, 0.15) is 5.82 Å². The van der Waals surface area contributed by atoms with E-state index in [0.717, 1.165) is 37.0 Å². The standard InChI is InChI=1S/C18H24N4OS/c1-12(2)17-19-18(24-20-17)22-10-15(16(23)11-22)21-8-7-13-5-3-4-6-14(13)9-21/h3-6,12,15-16,23H,7-11H2,1-2H3. The molecular weight excluding hydrogens is 320 g/mol. The zero-order valence-corrected chi connectivity index (χ0v) is 15.0. The zero-order chi connectivity index (χ0) is 16.7. The molecule has 2 aromatic rings. The summed E-state index contributed by atoms with van der Waals surface area (Å²) in [5.41, 5.74) is 2.84. The molecule has 1 fully saturated rings. The molecule has 1 aromatic carbocycles. The van der Waals surface area contributed by atoms with Crippen molar-refractivity contribution in [3.63, 3.8) is 0 Å². The van der Waals surface area contributed by atoms with Crippen molar-refractivity contribution < 1.29 is 5.11 Å². The molecule has 0 radical (unpaired) electrons. The van der Waals surface area contributed by atoms with Gasteiger partial charge in [-0.05, 0) is 17.5 Å². The Morgan fingerprint density at radius 1 is 1.21 bits per heavy atom. The summed E-state index contributed by atoms with van der Waals surface area (Å²) in [4.78, 5) is 9.27. The first kappa shape index (κ1) is 16.0. The average Bonchev–Trinajstić information content (AvgIpc) is 3.21. The van der Waals surface area contributed by atoms with E-state index >= 15 is 0 Å². The third kappa shape index (κ3) is 2.94. The zero-order valence-electron chi connectivity index (χ0n) is 14.2. The van der Waals surface area contributed by atoms with Gasteiger partial charge in [-0.15, -0.1) is 0 Å². The summed E-state index contributed by atoms with van der Waals surface area (Å²) in [7, 11) is 0. The molecule has 1 N–H and O–H groups in total. The molecule has 24 heavy (non-hydrogen) atoms. The van der Waals surface area contributed by atoms with Gasteiger partial charge in [-0.2, -0.15) is 4.37 Å². The molecule has 2 unspecified atom stereocenters. The molecule has 5 nitrogen and oxygen atoms in total. The van der Waals surface area contributed by atoms with E-state index in [9.17, 15) is 5.11 Å². The molecule has 0 saturated carbocycles. The molecule has 6 heteroatoms. The molecule has 3 heterocycles. The number of benzene rings is 1. The minimum Gasteiger partial charge on any atom is -0.390 e. The normalized spacial score (nSPS) is 24.6. The minimum atomic E-state index is -0.332. The van der Waals surface area contributed by atoms with Gasteiger partial charge in [0, 0.05) is 43.6 Å². The first-order chi connectivity index (χ1) is 11.6. The molecule has 0 spiro atoms. The van der Waals surface area contributed by atoms with Crippen molar-refractivity contribution >= 4 is 16.7 Å². The van der Waals surface area contributed by atoms with Gasteiger partial charge in [0.2, 0.25) is 5.13 Å². The molecule has 128 valence electrons. The highest BCUT2D eigenvalue weighted by molar-refractivity contribution is 7.09. The fourth-order valence-corrected chi connectivity index (χ4v) is 4.50. The maximum atomic E-state index is 10.6.